The van der Waals surface area contributed by atoms with Gasteiger partial charge in [0.1, 0.15) is 12.4 Å². The quantitative estimate of drug-likeness (QED) is 0.624. The molecule has 4 N–H and O–H groups in total. The zero-order valence-electron chi connectivity index (χ0n) is 10.6. The summed E-state index contributed by atoms with van der Waals surface area (Å²) in [5.41, 5.74) is 7.51. The maximum Gasteiger partial charge on any atom is 0.492 e. The number of carboxylic acid groups (broad SMARTS) is 1. The Balaban J connectivity index is 2.31. The molecule has 1 aliphatic rings. The number of hydrogen-bond acceptors (Lipinski definition) is 5. The van der Waals surface area contributed by atoms with E-state index in [4.69, 9.17) is 20.2 Å². The van der Waals surface area contributed by atoms with Crippen molar-refractivity contribution in [2.75, 3.05) is 13.2 Å². The van der Waals surface area contributed by atoms with Gasteiger partial charge in [-0.15, -0.1) is 0 Å². The first kappa shape index (κ1) is 13.9. The average molecular weight is 265 g/mol. The lowest BCUT2D eigenvalue weighted by Gasteiger charge is -2.13. The van der Waals surface area contributed by atoms with Crippen molar-refractivity contribution >= 4 is 18.6 Å². The molecule has 0 amide bonds. The second-order valence-corrected chi connectivity index (χ2v) is 4.46. The monoisotopic (exact) mass is 265 g/mol. The second kappa shape index (κ2) is 5.60. The van der Waals surface area contributed by atoms with Gasteiger partial charge >= 0.3 is 13.1 Å². The van der Waals surface area contributed by atoms with Crippen LogP contribution >= 0.6 is 0 Å². The average Bonchev–Trinajstić information content (AvgIpc) is 2.63. The van der Waals surface area contributed by atoms with Crippen molar-refractivity contribution in [3.63, 3.8) is 0 Å². The molecule has 0 fully saturated rings. The Kier molecular flexibility index (Phi) is 4.09. The third-order valence-electron chi connectivity index (χ3n) is 3.02. The predicted octanol–water partition coefficient (Wildman–Crippen LogP) is -0.434. The van der Waals surface area contributed by atoms with Crippen LogP contribution in [0.25, 0.3) is 0 Å². The Morgan fingerprint density at radius 3 is 2.95 bits per heavy atom. The topological polar surface area (TPSA) is 102 Å². The molecule has 0 spiro atoms. The predicted molar refractivity (Wildman–Crippen MR) is 69.4 cm³/mol. The van der Waals surface area contributed by atoms with E-state index in [1.807, 2.05) is 6.92 Å². The highest BCUT2D eigenvalue weighted by atomic mass is 16.5. The summed E-state index contributed by atoms with van der Waals surface area (Å²) in [5, 5.41) is 18.7. The van der Waals surface area contributed by atoms with Crippen molar-refractivity contribution in [3.8, 4) is 5.75 Å². The highest BCUT2D eigenvalue weighted by Gasteiger charge is 2.37. The number of benzene rings is 1. The zero-order chi connectivity index (χ0) is 14.0. The van der Waals surface area contributed by atoms with Crippen LogP contribution in [0.5, 0.6) is 5.75 Å². The Bertz CT molecular complexity index is 493. The van der Waals surface area contributed by atoms with Crippen molar-refractivity contribution in [3.05, 3.63) is 23.3 Å². The number of rotatable bonds is 5. The molecule has 102 valence electrons. The smallest absolute Gasteiger partial charge is 0.492 e. The van der Waals surface area contributed by atoms with Gasteiger partial charge in [-0.2, -0.15) is 0 Å². The summed E-state index contributed by atoms with van der Waals surface area (Å²) >= 11 is 0. The van der Waals surface area contributed by atoms with Crippen LogP contribution in [0, 0.1) is 6.92 Å². The van der Waals surface area contributed by atoms with Crippen molar-refractivity contribution in [1.29, 1.82) is 0 Å². The van der Waals surface area contributed by atoms with Gasteiger partial charge in [0, 0.05) is 6.54 Å². The molecule has 19 heavy (non-hydrogen) atoms. The fourth-order valence-corrected chi connectivity index (χ4v) is 2.30. The Morgan fingerprint density at radius 1 is 1.58 bits per heavy atom. The molecule has 0 bridgehead atoms. The van der Waals surface area contributed by atoms with Crippen LogP contribution in [-0.2, 0) is 9.45 Å². The Morgan fingerprint density at radius 2 is 2.32 bits per heavy atom. The summed E-state index contributed by atoms with van der Waals surface area (Å²) in [6.07, 6.45) is -0.792. The van der Waals surface area contributed by atoms with Crippen LogP contribution in [0.1, 0.15) is 23.7 Å². The standard InChI is InChI=1S/C12H16BNO5/c1-7-4-8(18-3-2-14)5-9-12(7)10(6-11(15)16)19-13(9)17/h4-5,10,17H,2-3,6,14H2,1H3,(H,15,16). The van der Waals surface area contributed by atoms with Crippen molar-refractivity contribution < 1.29 is 24.3 Å². The molecule has 1 aromatic carbocycles. The molecule has 1 aliphatic heterocycles. The molecule has 1 unspecified atom stereocenters. The van der Waals surface area contributed by atoms with Crippen LogP contribution in [0.4, 0.5) is 0 Å². The number of hydrogen-bond donors (Lipinski definition) is 3. The number of carboxylic acids is 1. The first-order valence-corrected chi connectivity index (χ1v) is 6.05. The summed E-state index contributed by atoms with van der Waals surface area (Å²) in [5.74, 6) is -0.367. The number of nitrogens with two attached hydrogens (primary N) is 1. The number of aliphatic carboxylic acids is 1. The molecule has 1 aromatic rings. The number of carbonyl (C=O) groups is 1. The number of fused-ring (bicyclic) bond motifs is 1. The molecule has 1 heterocycles. The third kappa shape index (κ3) is 2.89. The lowest BCUT2D eigenvalue weighted by atomic mass is 9.77. The normalized spacial score (nSPS) is 17.4. The SMILES string of the molecule is Cc1cc(OCCN)cc2c1C(CC(=O)O)OB2O. The molecule has 7 heteroatoms. The molecular formula is C12H16BNO5. The Labute approximate surface area is 111 Å². The van der Waals surface area contributed by atoms with Gasteiger partial charge in [-0.3, -0.25) is 4.79 Å². The molecule has 0 aromatic heterocycles. The Hall–Kier alpha value is -1.57. The lowest BCUT2D eigenvalue weighted by Crippen LogP contribution is -2.28. The summed E-state index contributed by atoms with van der Waals surface area (Å²) in [4.78, 5) is 10.8. The minimum atomic E-state index is -1.11. The van der Waals surface area contributed by atoms with Gasteiger partial charge in [-0.05, 0) is 35.6 Å². The fourth-order valence-electron chi connectivity index (χ4n) is 2.30. The van der Waals surface area contributed by atoms with Crippen molar-refractivity contribution in [2.45, 2.75) is 19.4 Å². The van der Waals surface area contributed by atoms with Crippen molar-refractivity contribution in [1.82, 2.24) is 0 Å². The van der Waals surface area contributed by atoms with Gasteiger partial charge in [0.25, 0.3) is 0 Å². The van der Waals surface area contributed by atoms with E-state index in [2.05, 4.69) is 0 Å². The molecular weight excluding hydrogens is 249 g/mol. The summed E-state index contributed by atoms with van der Waals surface area (Å²) in [7, 11) is -1.11. The lowest BCUT2D eigenvalue weighted by molar-refractivity contribution is -0.138. The van der Waals surface area contributed by atoms with Crippen LogP contribution < -0.4 is 15.9 Å². The van der Waals surface area contributed by atoms with Gasteiger partial charge in [0.15, 0.2) is 0 Å². The zero-order valence-corrected chi connectivity index (χ0v) is 10.6. The van der Waals surface area contributed by atoms with Crippen LogP contribution in [0.15, 0.2) is 12.1 Å². The molecule has 0 saturated heterocycles. The van der Waals surface area contributed by atoms with Crippen LogP contribution in [0.3, 0.4) is 0 Å². The number of ether oxygens (including phenoxy) is 1. The fraction of sp³-hybridized carbons (Fsp3) is 0.417. The van der Waals surface area contributed by atoms with E-state index >= 15 is 0 Å². The van der Waals surface area contributed by atoms with E-state index in [0.717, 1.165) is 11.1 Å². The molecule has 6 nitrogen and oxygen atoms in total. The van der Waals surface area contributed by atoms with Crippen LogP contribution in [0.2, 0.25) is 0 Å². The van der Waals surface area contributed by atoms with Gasteiger partial charge in [-0.1, -0.05) is 0 Å². The summed E-state index contributed by atoms with van der Waals surface area (Å²) < 4.78 is 10.7. The number of aryl methyl sites for hydroxylation is 1. The first-order chi connectivity index (χ1) is 9.02. The molecule has 0 aliphatic carbocycles. The van der Waals surface area contributed by atoms with E-state index in [-0.39, 0.29) is 6.42 Å². The summed E-state index contributed by atoms with van der Waals surface area (Å²) in [6, 6.07) is 3.47. The van der Waals surface area contributed by atoms with E-state index < -0.39 is 19.2 Å². The van der Waals surface area contributed by atoms with E-state index in [9.17, 15) is 9.82 Å². The molecule has 2 rings (SSSR count). The molecule has 1 atom stereocenters. The van der Waals surface area contributed by atoms with Crippen LogP contribution in [-0.4, -0.2) is 36.4 Å². The summed E-state index contributed by atoms with van der Waals surface area (Å²) in [6.45, 7) is 2.62. The highest BCUT2D eigenvalue weighted by molar-refractivity contribution is 6.62. The van der Waals surface area contributed by atoms with Crippen molar-refractivity contribution in [2.24, 2.45) is 5.73 Å². The minimum absolute atomic E-state index is 0.173. The maximum absolute atomic E-state index is 10.8. The minimum Gasteiger partial charge on any atom is -0.492 e. The van der Waals surface area contributed by atoms with Gasteiger partial charge in [0.05, 0.1) is 12.5 Å². The van der Waals surface area contributed by atoms with E-state index in [1.165, 1.54) is 0 Å². The molecule has 0 saturated carbocycles. The third-order valence-corrected chi connectivity index (χ3v) is 3.02. The van der Waals surface area contributed by atoms with Gasteiger partial charge < -0.3 is 25.3 Å². The largest absolute Gasteiger partial charge is 0.492 e. The maximum atomic E-state index is 10.8. The van der Waals surface area contributed by atoms with Gasteiger partial charge in [0.2, 0.25) is 0 Å². The molecule has 0 radical (unpaired) electrons. The van der Waals surface area contributed by atoms with Gasteiger partial charge in [-0.25, -0.2) is 0 Å². The highest BCUT2D eigenvalue weighted by Crippen LogP contribution is 2.31. The second-order valence-electron chi connectivity index (χ2n) is 4.46. The van der Waals surface area contributed by atoms with E-state index in [1.54, 1.807) is 12.1 Å². The van der Waals surface area contributed by atoms with E-state index in [0.29, 0.717) is 24.4 Å². The first-order valence-electron chi connectivity index (χ1n) is 6.05.